The summed E-state index contributed by atoms with van der Waals surface area (Å²) in [5.41, 5.74) is 0. The van der Waals surface area contributed by atoms with Gasteiger partial charge in [-0.3, -0.25) is 0 Å². The number of unbranched alkanes of at least 4 members (excludes halogenated alkanes) is 3. The Morgan fingerprint density at radius 1 is 0.900 bits per heavy atom. The molecule has 2 nitrogen and oxygen atoms in total. The predicted octanol–water partition coefficient (Wildman–Crippen LogP) is 4.69. The van der Waals surface area contributed by atoms with Gasteiger partial charge in [-0.15, -0.1) is 0 Å². The molecule has 0 aliphatic carbocycles. The maximum Gasteiger partial charge on any atom is 0.0127 e. The third-order valence-electron chi connectivity index (χ3n) is 4.72. The monoisotopic (exact) mass is 284 g/mol. The van der Waals surface area contributed by atoms with Gasteiger partial charge in [0.05, 0.1) is 0 Å². The molecule has 20 heavy (non-hydrogen) atoms. The predicted molar refractivity (Wildman–Crippen MR) is 92.4 cm³/mol. The first-order chi connectivity index (χ1) is 9.60. The van der Waals surface area contributed by atoms with Gasteiger partial charge in [0, 0.05) is 12.1 Å². The Bertz CT molecular complexity index is 202. The van der Waals surface area contributed by atoms with E-state index in [4.69, 9.17) is 0 Å². The molecule has 0 aliphatic heterocycles. The molecular formula is C18H40N2. The SMILES string of the molecule is CCCCCCN(C)C(CC)C(C)CNC(CC)CC. The van der Waals surface area contributed by atoms with Gasteiger partial charge in [0.15, 0.2) is 0 Å². The van der Waals surface area contributed by atoms with Crippen molar-refractivity contribution in [2.45, 2.75) is 91.6 Å². The van der Waals surface area contributed by atoms with E-state index >= 15 is 0 Å². The van der Waals surface area contributed by atoms with Crippen LogP contribution in [-0.4, -0.2) is 37.1 Å². The van der Waals surface area contributed by atoms with E-state index < -0.39 is 0 Å². The summed E-state index contributed by atoms with van der Waals surface area (Å²) in [6.07, 6.45) is 9.20. The van der Waals surface area contributed by atoms with Crippen molar-refractivity contribution < 1.29 is 0 Å². The molecule has 0 aromatic rings. The fourth-order valence-electron chi connectivity index (χ4n) is 3.17. The maximum atomic E-state index is 3.74. The lowest BCUT2D eigenvalue weighted by Crippen LogP contribution is -2.43. The van der Waals surface area contributed by atoms with Crippen LogP contribution in [0.3, 0.4) is 0 Å². The van der Waals surface area contributed by atoms with Crippen LogP contribution in [0.15, 0.2) is 0 Å². The molecule has 2 atom stereocenters. The van der Waals surface area contributed by atoms with Crippen molar-refractivity contribution >= 4 is 0 Å². The molecule has 2 heteroatoms. The number of nitrogens with zero attached hydrogens (tertiary/aromatic N) is 1. The zero-order chi connectivity index (χ0) is 15.4. The van der Waals surface area contributed by atoms with Gasteiger partial charge >= 0.3 is 0 Å². The van der Waals surface area contributed by atoms with Crippen molar-refractivity contribution in [3.05, 3.63) is 0 Å². The highest BCUT2D eigenvalue weighted by Gasteiger charge is 2.20. The minimum absolute atomic E-state index is 0.699. The van der Waals surface area contributed by atoms with E-state index in [0.717, 1.165) is 18.5 Å². The van der Waals surface area contributed by atoms with Gasteiger partial charge in [0.25, 0.3) is 0 Å². The van der Waals surface area contributed by atoms with Crippen molar-refractivity contribution in [1.82, 2.24) is 10.2 Å². The van der Waals surface area contributed by atoms with Gasteiger partial charge in [-0.05, 0) is 51.7 Å². The standard InChI is InChI=1S/C18H40N2/c1-7-11-12-13-14-20(6)18(10-4)16(5)15-19-17(8-2)9-3/h16-19H,7-15H2,1-6H3. The molecule has 0 radical (unpaired) electrons. The summed E-state index contributed by atoms with van der Waals surface area (Å²) in [4.78, 5) is 2.59. The quantitative estimate of drug-likeness (QED) is 0.494. The second-order valence-electron chi connectivity index (χ2n) is 6.42. The first kappa shape index (κ1) is 19.9. The molecule has 0 bridgehead atoms. The van der Waals surface area contributed by atoms with E-state index in [1.165, 1.54) is 51.5 Å². The Balaban J connectivity index is 4.07. The van der Waals surface area contributed by atoms with Crippen LogP contribution in [0.1, 0.15) is 79.6 Å². The minimum Gasteiger partial charge on any atom is -0.314 e. The third-order valence-corrected chi connectivity index (χ3v) is 4.72. The summed E-state index contributed by atoms with van der Waals surface area (Å²) >= 11 is 0. The molecule has 0 saturated heterocycles. The van der Waals surface area contributed by atoms with E-state index in [2.05, 4.69) is 51.9 Å². The van der Waals surface area contributed by atoms with Gasteiger partial charge in [-0.2, -0.15) is 0 Å². The highest BCUT2D eigenvalue weighted by atomic mass is 15.1. The molecule has 0 aromatic carbocycles. The highest BCUT2D eigenvalue weighted by Crippen LogP contribution is 2.15. The Kier molecular flexibility index (Phi) is 12.6. The summed E-state index contributed by atoms with van der Waals surface area (Å²) in [7, 11) is 2.31. The van der Waals surface area contributed by atoms with E-state index in [1.54, 1.807) is 0 Å². The van der Waals surface area contributed by atoms with Crippen LogP contribution in [0.25, 0.3) is 0 Å². The number of hydrogen-bond donors (Lipinski definition) is 1. The second kappa shape index (κ2) is 12.6. The smallest absolute Gasteiger partial charge is 0.0127 e. The summed E-state index contributed by atoms with van der Waals surface area (Å²) in [5.74, 6) is 0.733. The zero-order valence-electron chi connectivity index (χ0n) is 15.0. The summed E-state index contributed by atoms with van der Waals surface area (Å²) in [5, 5.41) is 3.74. The normalized spacial score (nSPS) is 15.0. The molecule has 0 saturated carbocycles. The molecule has 122 valence electrons. The van der Waals surface area contributed by atoms with Crippen molar-refractivity contribution in [3.63, 3.8) is 0 Å². The van der Waals surface area contributed by atoms with E-state index in [0.29, 0.717) is 6.04 Å². The zero-order valence-corrected chi connectivity index (χ0v) is 15.0. The van der Waals surface area contributed by atoms with Crippen molar-refractivity contribution in [2.75, 3.05) is 20.1 Å². The number of nitrogens with one attached hydrogen (secondary N) is 1. The van der Waals surface area contributed by atoms with Crippen LogP contribution < -0.4 is 5.32 Å². The fourth-order valence-corrected chi connectivity index (χ4v) is 3.17. The molecule has 0 amide bonds. The van der Waals surface area contributed by atoms with Gasteiger partial charge < -0.3 is 10.2 Å². The van der Waals surface area contributed by atoms with Crippen LogP contribution >= 0.6 is 0 Å². The second-order valence-corrected chi connectivity index (χ2v) is 6.42. The first-order valence-corrected chi connectivity index (χ1v) is 9.04. The van der Waals surface area contributed by atoms with Gasteiger partial charge in [-0.25, -0.2) is 0 Å². The summed E-state index contributed by atoms with van der Waals surface area (Å²) in [6.45, 7) is 14.0. The fraction of sp³-hybridized carbons (Fsp3) is 1.00. The van der Waals surface area contributed by atoms with E-state index in [1.807, 2.05) is 0 Å². The van der Waals surface area contributed by atoms with Crippen LogP contribution in [-0.2, 0) is 0 Å². The largest absolute Gasteiger partial charge is 0.314 e. The lowest BCUT2D eigenvalue weighted by atomic mass is 9.97. The average molecular weight is 285 g/mol. The Morgan fingerprint density at radius 3 is 2.05 bits per heavy atom. The van der Waals surface area contributed by atoms with E-state index in [9.17, 15) is 0 Å². The molecule has 0 fully saturated rings. The number of hydrogen-bond acceptors (Lipinski definition) is 2. The Morgan fingerprint density at radius 2 is 1.55 bits per heavy atom. The third kappa shape index (κ3) is 8.26. The lowest BCUT2D eigenvalue weighted by molar-refractivity contribution is 0.169. The van der Waals surface area contributed by atoms with Crippen molar-refractivity contribution in [1.29, 1.82) is 0 Å². The lowest BCUT2D eigenvalue weighted by Gasteiger charge is -2.33. The Hall–Kier alpha value is -0.0800. The van der Waals surface area contributed by atoms with Gasteiger partial charge in [0.2, 0.25) is 0 Å². The topological polar surface area (TPSA) is 15.3 Å². The first-order valence-electron chi connectivity index (χ1n) is 9.04. The minimum atomic E-state index is 0.699. The van der Waals surface area contributed by atoms with Gasteiger partial charge in [0.1, 0.15) is 0 Å². The van der Waals surface area contributed by atoms with Crippen molar-refractivity contribution in [3.8, 4) is 0 Å². The molecule has 2 unspecified atom stereocenters. The average Bonchev–Trinajstić information content (AvgIpc) is 2.45. The highest BCUT2D eigenvalue weighted by molar-refractivity contribution is 4.77. The van der Waals surface area contributed by atoms with Gasteiger partial charge in [-0.1, -0.05) is 53.9 Å². The number of rotatable bonds is 13. The van der Waals surface area contributed by atoms with Crippen LogP contribution in [0, 0.1) is 5.92 Å². The molecule has 0 heterocycles. The summed E-state index contributed by atoms with van der Waals surface area (Å²) in [6, 6.07) is 1.42. The van der Waals surface area contributed by atoms with Crippen LogP contribution in [0.4, 0.5) is 0 Å². The molecule has 0 aromatic heterocycles. The molecule has 0 spiro atoms. The Labute approximate surface area is 128 Å². The molecule has 0 rings (SSSR count). The van der Waals surface area contributed by atoms with Crippen LogP contribution in [0.2, 0.25) is 0 Å². The molecular weight excluding hydrogens is 244 g/mol. The summed E-state index contributed by atoms with van der Waals surface area (Å²) < 4.78 is 0. The maximum absolute atomic E-state index is 3.74. The molecule has 0 aliphatic rings. The van der Waals surface area contributed by atoms with E-state index in [-0.39, 0.29) is 0 Å². The molecule has 1 N–H and O–H groups in total. The van der Waals surface area contributed by atoms with Crippen LogP contribution in [0.5, 0.6) is 0 Å². The van der Waals surface area contributed by atoms with Crippen molar-refractivity contribution in [2.24, 2.45) is 5.92 Å².